The van der Waals surface area contributed by atoms with Crippen LogP contribution >= 0.6 is 0 Å². The van der Waals surface area contributed by atoms with Crippen LogP contribution in [0.15, 0.2) is 83.8 Å². The van der Waals surface area contributed by atoms with Gasteiger partial charge in [-0.25, -0.2) is 13.4 Å². The zero-order valence-corrected chi connectivity index (χ0v) is 19.9. The van der Waals surface area contributed by atoms with E-state index in [2.05, 4.69) is 15.3 Å². The smallest absolute Gasteiger partial charge is 0.251 e. The van der Waals surface area contributed by atoms with E-state index in [9.17, 15) is 13.2 Å². The van der Waals surface area contributed by atoms with Crippen LogP contribution in [0.4, 0.5) is 0 Å². The van der Waals surface area contributed by atoms with Crippen LogP contribution in [0.3, 0.4) is 0 Å². The third-order valence-electron chi connectivity index (χ3n) is 6.05. The minimum atomic E-state index is -3.62. The molecule has 1 unspecified atom stereocenters. The molecule has 0 spiro atoms. The lowest BCUT2D eigenvalue weighted by Crippen LogP contribution is -2.40. The van der Waals surface area contributed by atoms with Crippen molar-refractivity contribution in [3.05, 3.63) is 95.8 Å². The topological polar surface area (TPSA) is 104 Å². The normalized spacial score (nSPS) is 15.7. The highest BCUT2D eigenvalue weighted by atomic mass is 32.2. The van der Waals surface area contributed by atoms with Gasteiger partial charge in [-0.3, -0.25) is 4.79 Å². The molecule has 2 heterocycles. The second kappa shape index (κ2) is 9.99. The van der Waals surface area contributed by atoms with Gasteiger partial charge in [-0.05, 0) is 48.4 Å². The molecule has 0 radical (unpaired) electrons. The van der Waals surface area contributed by atoms with Gasteiger partial charge in [-0.1, -0.05) is 42.5 Å². The van der Waals surface area contributed by atoms with Gasteiger partial charge in [0.05, 0.1) is 35.2 Å². The van der Waals surface area contributed by atoms with Crippen LogP contribution in [0.25, 0.3) is 11.0 Å². The number of fused-ring (bicyclic) bond motifs is 1. The number of H-pyrrole nitrogens is 1. The zero-order valence-electron chi connectivity index (χ0n) is 19.1. The Labute approximate surface area is 204 Å². The summed E-state index contributed by atoms with van der Waals surface area (Å²) in [5.74, 6) is 0.358. The van der Waals surface area contributed by atoms with Gasteiger partial charge >= 0.3 is 0 Å². The number of hydrogen-bond acceptors (Lipinski definition) is 5. The molecule has 0 saturated carbocycles. The monoisotopic (exact) mass is 490 g/mol. The molecule has 9 heteroatoms. The molecular weight excluding hydrogens is 464 g/mol. The van der Waals surface area contributed by atoms with Gasteiger partial charge < -0.3 is 15.0 Å². The quantitative estimate of drug-likeness (QED) is 0.414. The lowest BCUT2D eigenvalue weighted by Gasteiger charge is -2.26. The summed E-state index contributed by atoms with van der Waals surface area (Å²) in [5, 5.41) is 3.07. The van der Waals surface area contributed by atoms with E-state index < -0.39 is 16.1 Å². The molecule has 1 aromatic heterocycles. The third-order valence-corrected chi connectivity index (χ3v) is 7.96. The minimum Gasteiger partial charge on any atom is -0.379 e. The molecule has 0 aliphatic carbocycles. The molecule has 0 bridgehead atoms. The lowest BCUT2D eigenvalue weighted by atomic mass is 10.0. The highest BCUT2D eigenvalue weighted by molar-refractivity contribution is 7.89. The highest BCUT2D eigenvalue weighted by Gasteiger charge is 2.27. The number of aromatic nitrogens is 2. The summed E-state index contributed by atoms with van der Waals surface area (Å²) in [7, 11) is -3.62. The van der Waals surface area contributed by atoms with Gasteiger partial charge in [0, 0.05) is 18.7 Å². The molecular formula is C26H26N4O4S. The highest BCUT2D eigenvalue weighted by Crippen LogP contribution is 2.22. The van der Waals surface area contributed by atoms with Crippen molar-refractivity contribution in [3.8, 4) is 0 Å². The Hall–Kier alpha value is -3.53. The van der Waals surface area contributed by atoms with E-state index in [4.69, 9.17) is 4.74 Å². The predicted octanol–water partition coefficient (Wildman–Crippen LogP) is 3.30. The van der Waals surface area contributed by atoms with Crippen molar-refractivity contribution in [2.45, 2.75) is 17.4 Å². The molecule has 1 fully saturated rings. The maximum Gasteiger partial charge on any atom is 0.251 e. The van der Waals surface area contributed by atoms with Crippen molar-refractivity contribution >= 4 is 27.0 Å². The molecule has 8 nitrogen and oxygen atoms in total. The van der Waals surface area contributed by atoms with Gasteiger partial charge in [0.2, 0.25) is 10.0 Å². The summed E-state index contributed by atoms with van der Waals surface area (Å²) >= 11 is 0. The Bertz CT molecular complexity index is 1380. The molecule has 35 heavy (non-hydrogen) atoms. The number of amides is 1. The van der Waals surface area contributed by atoms with Crippen LogP contribution in [0.2, 0.25) is 0 Å². The van der Waals surface area contributed by atoms with Crippen molar-refractivity contribution in [2.75, 3.05) is 26.3 Å². The number of nitrogens with zero attached hydrogens (tertiary/aromatic N) is 2. The molecule has 5 rings (SSSR count). The number of benzene rings is 3. The first kappa shape index (κ1) is 23.2. The molecule has 1 amide bonds. The Morgan fingerprint density at radius 2 is 1.66 bits per heavy atom. The van der Waals surface area contributed by atoms with Crippen molar-refractivity contribution in [2.24, 2.45) is 0 Å². The van der Waals surface area contributed by atoms with E-state index in [1.54, 1.807) is 12.1 Å². The number of carbonyl (C=O) groups is 1. The number of carbonyl (C=O) groups excluding carboxylic acids is 1. The second-order valence-corrected chi connectivity index (χ2v) is 10.3. The largest absolute Gasteiger partial charge is 0.379 e. The third kappa shape index (κ3) is 5.12. The van der Waals surface area contributed by atoms with Gasteiger partial charge in [0.25, 0.3) is 5.91 Å². The maximum absolute atomic E-state index is 13.2. The SMILES string of the molecule is O=C(NC(Cc1ccccc1)c1nc2ccccc2[nH]1)c1ccc(S(=O)(=O)N2CCOCC2)cc1. The summed E-state index contributed by atoms with van der Waals surface area (Å²) in [5.41, 5.74) is 3.16. The lowest BCUT2D eigenvalue weighted by molar-refractivity contribution is 0.0730. The summed E-state index contributed by atoms with van der Waals surface area (Å²) < 4.78 is 32.4. The Morgan fingerprint density at radius 1 is 0.971 bits per heavy atom. The number of ether oxygens (including phenoxy) is 1. The van der Waals surface area contributed by atoms with Crippen LogP contribution in [0.5, 0.6) is 0 Å². The number of imidazole rings is 1. The van der Waals surface area contributed by atoms with Gasteiger partial charge in [-0.2, -0.15) is 4.31 Å². The van der Waals surface area contributed by atoms with Gasteiger partial charge in [0.15, 0.2) is 0 Å². The van der Waals surface area contributed by atoms with Gasteiger partial charge in [-0.15, -0.1) is 0 Å². The fourth-order valence-electron chi connectivity index (χ4n) is 4.16. The fraction of sp³-hybridized carbons (Fsp3) is 0.231. The van der Waals surface area contributed by atoms with E-state index in [-0.39, 0.29) is 10.8 Å². The van der Waals surface area contributed by atoms with Gasteiger partial charge in [0.1, 0.15) is 5.82 Å². The molecule has 1 aliphatic heterocycles. The van der Waals surface area contributed by atoms with Crippen LogP contribution in [-0.4, -0.2) is 54.9 Å². The van der Waals surface area contributed by atoms with Crippen molar-refractivity contribution in [3.63, 3.8) is 0 Å². The molecule has 1 atom stereocenters. The fourth-order valence-corrected chi connectivity index (χ4v) is 5.57. The summed E-state index contributed by atoms with van der Waals surface area (Å²) in [6, 6.07) is 23.2. The van der Waals surface area contributed by atoms with E-state index in [0.29, 0.717) is 44.1 Å². The van der Waals surface area contributed by atoms with Crippen LogP contribution in [-0.2, 0) is 21.2 Å². The standard InChI is InChI=1S/C26H26N4O4S/c31-26(20-10-12-21(13-11-20)35(32,33)30-14-16-34-17-15-30)29-24(18-19-6-2-1-3-7-19)25-27-22-8-4-5-9-23(22)28-25/h1-13,24H,14-18H2,(H,27,28)(H,29,31). The van der Waals surface area contributed by atoms with E-state index in [1.807, 2.05) is 54.6 Å². The summed E-state index contributed by atoms with van der Waals surface area (Å²) in [6.45, 7) is 1.40. The Balaban J connectivity index is 1.37. The second-order valence-electron chi connectivity index (χ2n) is 8.40. The van der Waals surface area contributed by atoms with E-state index >= 15 is 0 Å². The average molecular weight is 491 g/mol. The molecule has 1 aliphatic rings. The maximum atomic E-state index is 13.2. The summed E-state index contributed by atoms with van der Waals surface area (Å²) in [4.78, 5) is 21.3. The predicted molar refractivity (Wildman–Crippen MR) is 132 cm³/mol. The van der Waals surface area contributed by atoms with Crippen LogP contribution in [0, 0.1) is 0 Å². The first-order chi connectivity index (χ1) is 17.0. The molecule has 1 saturated heterocycles. The number of rotatable bonds is 7. The van der Waals surface area contributed by atoms with Crippen molar-refractivity contribution < 1.29 is 17.9 Å². The van der Waals surface area contributed by atoms with E-state index in [1.165, 1.54) is 16.4 Å². The number of nitrogens with one attached hydrogen (secondary N) is 2. The zero-order chi connectivity index (χ0) is 24.3. The first-order valence-corrected chi connectivity index (χ1v) is 12.9. The van der Waals surface area contributed by atoms with Crippen LogP contribution < -0.4 is 5.32 Å². The number of para-hydroxylation sites is 2. The number of aromatic amines is 1. The molecule has 2 N–H and O–H groups in total. The Morgan fingerprint density at radius 3 is 2.37 bits per heavy atom. The molecule has 180 valence electrons. The number of morpholine rings is 1. The molecule has 4 aromatic rings. The van der Waals surface area contributed by atoms with Crippen molar-refractivity contribution in [1.29, 1.82) is 0 Å². The summed E-state index contributed by atoms with van der Waals surface area (Å²) in [6.07, 6.45) is 0.551. The van der Waals surface area contributed by atoms with Crippen molar-refractivity contribution in [1.82, 2.24) is 19.6 Å². The molecule has 3 aromatic carbocycles. The van der Waals surface area contributed by atoms with Crippen LogP contribution in [0.1, 0.15) is 27.8 Å². The average Bonchev–Trinajstić information content (AvgIpc) is 3.34. The minimum absolute atomic E-state index is 0.161. The Kier molecular flexibility index (Phi) is 6.63. The number of hydrogen-bond donors (Lipinski definition) is 2. The van der Waals surface area contributed by atoms with E-state index in [0.717, 1.165) is 16.6 Å². The number of sulfonamides is 1. The first-order valence-electron chi connectivity index (χ1n) is 11.5.